The molecule has 0 spiro atoms. The van der Waals surface area contributed by atoms with E-state index in [0.717, 1.165) is 0 Å². The molecule has 45 heavy (non-hydrogen) atoms. The number of likely N-dealkylation sites (N-methyl/N-ethyl adjacent to an activating group) is 1. The van der Waals surface area contributed by atoms with Gasteiger partial charge in [-0.1, -0.05) is 17.8 Å². The van der Waals surface area contributed by atoms with Crippen molar-refractivity contribution in [3.05, 3.63) is 46.5 Å². The molecule has 244 valence electrons. The minimum Gasteiger partial charge on any atom is -0.493 e. The molecule has 0 aromatic heterocycles. The normalized spacial score (nSPS) is 10.9. The van der Waals surface area contributed by atoms with E-state index in [0.29, 0.717) is 11.3 Å². The molecule has 0 radical (unpaired) electrons. The van der Waals surface area contributed by atoms with E-state index in [1.165, 1.54) is 25.2 Å². The first-order valence-electron chi connectivity index (χ1n) is 13.2. The summed E-state index contributed by atoms with van der Waals surface area (Å²) in [6.07, 6.45) is -0.0222. The minimum absolute atomic E-state index is 0.00529. The number of aliphatic carboxylic acids is 1. The smallest absolute Gasteiger partial charge is 0.341 e. The van der Waals surface area contributed by atoms with Crippen molar-refractivity contribution in [2.45, 2.75) is 26.7 Å². The lowest BCUT2D eigenvalue weighted by molar-refractivity contribution is -0.139. The molecule has 0 atom stereocenters. The van der Waals surface area contributed by atoms with E-state index in [4.69, 9.17) is 33.2 Å². The van der Waals surface area contributed by atoms with Crippen LogP contribution in [0.2, 0.25) is 0 Å². The molecule has 0 aliphatic rings. The maximum absolute atomic E-state index is 11.9. The molecule has 14 nitrogen and oxygen atoms in total. The Balaban J connectivity index is 2.59. The number of nitrogens with one attached hydrogen (secondary N) is 1. The lowest BCUT2D eigenvalue weighted by Gasteiger charge is -2.14. The van der Waals surface area contributed by atoms with Gasteiger partial charge in [-0.05, 0) is 44.4 Å². The van der Waals surface area contributed by atoms with Crippen LogP contribution in [-0.4, -0.2) is 87.9 Å². The molecule has 0 fully saturated rings. The molecule has 2 aromatic carbocycles. The lowest BCUT2D eigenvalue weighted by Crippen LogP contribution is -2.25. The van der Waals surface area contributed by atoms with Gasteiger partial charge in [-0.15, -0.1) is 5.92 Å². The summed E-state index contributed by atoms with van der Waals surface area (Å²) in [4.78, 5) is 23.0. The first-order chi connectivity index (χ1) is 21.1. The van der Waals surface area contributed by atoms with Gasteiger partial charge in [0.05, 0.1) is 41.4 Å². The van der Waals surface area contributed by atoms with Gasteiger partial charge in [0.2, 0.25) is 0 Å². The predicted octanol–water partition coefficient (Wildman–Crippen LogP) is 1.67. The molecule has 0 bridgehead atoms. The Hall–Kier alpha value is -4.48. The SMILES string of the molecule is CC#Cc1cc(OCC(=O)NC)c(C#Cc2cc(OCCCS(=O)(=O)O)c(C)cc2OCCCS(=O)(=O)O)cc1OCC(=O)O. The van der Waals surface area contributed by atoms with E-state index < -0.39 is 50.2 Å². The summed E-state index contributed by atoms with van der Waals surface area (Å²) in [6.45, 7) is 2.07. The predicted molar refractivity (Wildman–Crippen MR) is 162 cm³/mol. The molecule has 0 aliphatic heterocycles. The van der Waals surface area contributed by atoms with Crippen LogP contribution < -0.4 is 24.3 Å². The Morgan fingerprint density at radius 2 is 1.18 bits per heavy atom. The third kappa shape index (κ3) is 13.8. The summed E-state index contributed by atoms with van der Waals surface area (Å²) in [5.41, 5.74) is 1.29. The van der Waals surface area contributed by atoms with Crippen molar-refractivity contribution >= 4 is 32.1 Å². The van der Waals surface area contributed by atoms with Crippen molar-refractivity contribution in [2.75, 3.05) is 45.0 Å². The van der Waals surface area contributed by atoms with E-state index in [-0.39, 0.29) is 66.6 Å². The summed E-state index contributed by atoms with van der Waals surface area (Å²) >= 11 is 0. The van der Waals surface area contributed by atoms with Crippen LogP contribution in [0.25, 0.3) is 0 Å². The second kappa shape index (κ2) is 17.1. The number of carbonyl (C=O) groups excluding carboxylic acids is 1. The van der Waals surface area contributed by atoms with Crippen molar-refractivity contribution in [1.29, 1.82) is 0 Å². The van der Waals surface area contributed by atoms with Gasteiger partial charge < -0.3 is 29.4 Å². The van der Waals surface area contributed by atoms with Gasteiger partial charge in [-0.2, -0.15) is 16.8 Å². The summed E-state index contributed by atoms with van der Waals surface area (Å²) in [5.74, 6) is 9.37. The number of ether oxygens (including phenoxy) is 4. The molecule has 0 heterocycles. The first kappa shape index (κ1) is 36.7. The molecular weight excluding hydrogens is 634 g/mol. The maximum Gasteiger partial charge on any atom is 0.341 e. The Bertz CT molecular complexity index is 1730. The number of carboxylic acids is 1. The van der Waals surface area contributed by atoms with Gasteiger partial charge in [0.1, 0.15) is 23.0 Å². The number of carboxylic acid groups (broad SMARTS) is 1. The summed E-state index contributed by atoms with van der Waals surface area (Å²) < 4.78 is 84.7. The van der Waals surface area contributed by atoms with Crippen LogP contribution in [0.3, 0.4) is 0 Å². The molecule has 2 rings (SSSR count). The highest BCUT2D eigenvalue weighted by molar-refractivity contribution is 7.86. The fourth-order valence-corrected chi connectivity index (χ4v) is 4.46. The van der Waals surface area contributed by atoms with Crippen LogP contribution in [0.4, 0.5) is 0 Å². The van der Waals surface area contributed by atoms with Crippen LogP contribution in [0.15, 0.2) is 24.3 Å². The van der Waals surface area contributed by atoms with Crippen LogP contribution in [-0.2, 0) is 29.8 Å². The third-order valence-corrected chi connectivity index (χ3v) is 7.16. The Morgan fingerprint density at radius 3 is 1.64 bits per heavy atom. The van der Waals surface area contributed by atoms with Gasteiger partial charge >= 0.3 is 5.97 Å². The molecule has 4 N–H and O–H groups in total. The Kier molecular flexibility index (Phi) is 14.0. The number of hydrogen-bond donors (Lipinski definition) is 4. The van der Waals surface area contributed by atoms with Crippen LogP contribution in [0.5, 0.6) is 23.0 Å². The number of aryl methyl sites for hydroxylation is 1. The largest absolute Gasteiger partial charge is 0.493 e. The maximum atomic E-state index is 11.9. The summed E-state index contributed by atoms with van der Waals surface area (Å²) in [5, 5.41) is 11.5. The highest BCUT2D eigenvalue weighted by Gasteiger charge is 2.15. The monoisotopic (exact) mass is 667 g/mol. The standard InChI is InChI=1S/C29H33NO13S2/c1-4-7-21-16-27(42-18-28(31)30-3)23(17-26(21)43-19-29(32)33)9-8-22-15-24(40-10-5-12-44(34,35)36)20(2)14-25(22)41-11-6-13-45(37,38)39/h14-17H,5-6,10-13,18-19H2,1-3H3,(H,30,31)(H,32,33)(H,34,35,36)(H,37,38,39). The molecule has 0 saturated carbocycles. The van der Waals surface area contributed by atoms with Gasteiger partial charge in [-0.3, -0.25) is 13.9 Å². The topological polar surface area (TPSA) is 212 Å². The van der Waals surface area contributed by atoms with Crippen LogP contribution >= 0.6 is 0 Å². The highest BCUT2D eigenvalue weighted by atomic mass is 32.2. The van der Waals surface area contributed by atoms with E-state index in [9.17, 15) is 26.4 Å². The molecule has 0 saturated heterocycles. The van der Waals surface area contributed by atoms with Gasteiger partial charge in [-0.25, -0.2) is 4.79 Å². The first-order valence-corrected chi connectivity index (χ1v) is 16.4. The average molecular weight is 668 g/mol. The van der Waals surface area contributed by atoms with Crippen molar-refractivity contribution in [3.8, 4) is 46.7 Å². The van der Waals surface area contributed by atoms with E-state index in [1.54, 1.807) is 19.9 Å². The van der Waals surface area contributed by atoms with Gasteiger partial charge in [0.25, 0.3) is 26.1 Å². The highest BCUT2D eigenvalue weighted by Crippen LogP contribution is 2.31. The number of amides is 1. The second-order valence-electron chi connectivity index (χ2n) is 9.20. The molecule has 1 amide bonds. The summed E-state index contributed by atoms with van der Waals surface area (Å²) in [6, 6.07) is 5.94. The number of benzene rings is 2. The molecular formula is C29H33NO13S2. The quantitative estimate of drug-likeness (QED) is 0.114. The van der Waals surface area contributed by atoms with E-state index in [1.807, 2.05) is 0 Å². The number of carbonyl (C=O) groups is 2. The molecule has 2 aromatic rings. The van der Waals surface area contributed by atoms with E-state index >= 15 is 0 Å². The number of rotatable bonds is 16. The van der Waals surface area contributed by atoms with Crippen molar-refractivity contribution < 1.29 is 59.6 Å². The lowest BCUT2D eigenvalue weighted by atomic mass is 10.1. The fraction of sp³-hybridized carbons (Fsp3) is 0.379. The third-order valence-electron chi connectivity index (χ3n) is 5.55. The van der Waals surface area contributed by atoms with Crippen molar-refractivity contribution in [2.24, 2.45) is 0 Å². The van der Waals surface area contributed by atoms with Crippen LogP contribution in [0, 0.1) is 30.6 Å². The molecule has 0 aliphatic carbocycles. The van der Waals surface area contributed by atoms with E-state index in [2.05, 4.69) is 29.0 Å². The second-order valence-corrected chi connectivity index (χ2v) is 12.3. The van der Waals surface area contributed by atoms with Crippen LogP contribution in [0.1, 0.15) is 42.0 Å². The Labute approximate surface area is 261 Å². The van der Waals surface area contributed by atoms with Crippen molar-refractivity contribution in [3.63, 3.8) is 0 Å². The van der Waals surface area contributed by atoms with Gasteiger partial charge in [0, 0.05) is 19.2 Å². The van der Waals surface area contributed by atoms with Crippen molar-refractivity contribution in [1.82, 2.24) is 5.32 Å². The minimum atomic E-state index is -4.20. The zero-order chi connectivity index (χ0) is 33.6. The average Bonchev–Trinajstić information content (AvgIpc) is 2.95. The summed E-state index contributed by atoms with van der Waals surface area (Å²) in [7, 11) is -6.94. The number of hydrogen-bond acceptors (Lipinski definition) is 10. The molecule has 16 heteroatoms. The zero-order valence-electron chi connectivity index (χ0n) is 24.7. The zero-order valence-corrected chi connectivity index (χ0v) is 26.3. The molecule has 0 unspecified atom stereocenters. The fourth-order valence-electron chi connectivity index (χ4n) is 3.50. The van der Waals surface area contributed by atoms with Gasteiger partial charge in [0.15, 0.2) is 13.2 Å². The Morgan fingerprint density at radius 1 is 0.733 bits per heavy atom.